The standard InChI is InChI=1S/4C21H24N2O3/c2*1-26-19-11-10-16(13-18(19)24)20-22-12-6-5-9-17(22)21(25)23(20)14-15-7-3-2-4-8-15;2*1-26-19-13-16(10-11-18(19)24)20-22-12-6-5-9-17(22)21(25)23(20)14-15-7-3-2-4-8-15/h4*2-4,7-8,10-11,13,17,20,24H,5-6,9,12,14H2,1H3/t17?,20-;;17?,20-;/m0.0./s1. The first kappa shape index (κ1) is 72.2. The van der Waals surface area contributed by atoms with Crippen LogP contribution in [0, 0.1) is 0 Å². The molecule has 8 atom stereocenters. The highest BCUT2D eigenvalue weighted by molar-refractivity contribution is 5.87. The summed E-state index contributed by atoms with van der Waals surface area (Å²) in [6, 6.07) is 61.8. The van der Waals surface area contributed by atoms with Gasteiger partial charge in [-0.25, -0.2) is 0 Å². The molecule has 8 aromatic rings. The molecule has 20 nitrogen and oxygen atoms in total. The molecular weight excluding hydrogens is 1310 g/mol. The Hall–Kier alpha value is -10.1. The molecular formula is C84H96N8O12. The molecule has 4 amide bonds. The Kier molecular flexibility index (Phi) is 23.0. The lowest BCUT2D eigenvalue weighted by Gasteiger charge is -2.34. The number of carbonyl (C=O) groups is 4. The van der Waals surface area contributed by atoms with Gasteiger partial charge in [0.1, 0.15) is 24.7 Å². The van der Waals surface area contributed by atoms with Crippen LogP contribution in [0.3, 0.4) is 0 Å². The van der Waals surface area contributed by atoms with Crippen LogP contribution in [0.4, 0.5) is 0 Å². The maximum absolute atomic E-state index is 13.2. The van der Waals surface area contributed by atoms with E-state index in [0.29, 0.717) is 49.2 Å². The predicted molar refractivity (Wildman–Crippen MR) is 395 cm³/mol. The van der Waals surface area contributed by atoms with E-state index in [-0.39, 0.29) is 95.5 Å². The number of carbonyl (C=O) groups excluding carboxylic acids is 4. The van der Waals surface area contributed by atoms with Gasteiger partial charge in [-0.05, 0) is 144 Å². The minimum Gasteiger partial charge on any atom is -0.504 e. The molecule has 8 fully saturated rings. The molecule has 0 bridgehead atoms. The van der Waals surface area contributed by atoms with E-state index >= 15 is 0 Å². The van der Waals surface area contributed by atoms with Crippen LogP contribution in [0.25, 0.3) is 0 Å². The summed E-state index contributed by atoms with van der Waals surface area (Å²) in [5.74, 6) is 3.00. The molecule has 8 aromatic carbocycles. The van der Waals surface area contributed by atoms with E-state index in [2.05, 4.69) is 43.9 Å². The molecule has 0 saturated carbocycles. The van der Waals surface area contributed by atoms with Gasteiger partial charge in [-0.2, -0.15) is 0 Å². The number of piperidine rings is 4. The average molecular weight is 1410 g/mol. The third-order valence-electron chi connectivity index (χ3n) is 21.7. The summed E-state index contributed by atoms with van der Waals surface area (Å²) in [6.45, 7) is 5.94. The van der Waals surface area contributed by atoms with Gasteiger partial charge in [-0.1, -0.05) is 171 Å². The van der Waals surface area contributed by atoms with Crippen LogP contribution in [0.15, 0.2) is 194 Å². The number of nitrogens with zero attached hydrogens (tertiary/aromatic N) is 8. The topological polar surface area (TPSA) is 212 Å². The fourth-order valence-corrected chi connectivity index (χ4v) is 16.7. The van der Waals surface area contributed by atoms with Crippen molar-refractivity contribution in [2.75, 3.05) is 54.6 Å². The molecule has 8 heterocycles. The van der Waals surface area contributed by atoms with Gasteiger partial charge in [0.2, 0.25) is 23.6 Å². The van der Waals surface area contributed by atoms with E-state index < -0.39 is 0 Å². The second-order valence-electron chi connectivity index (χ2n) is 28.0. The van der Waals surface area contributed by atoms with E-state index in [1.807, 2.05) is 153 Å². The number of aromatic hydroxyl groups is 4. The largest absolute Gasteiger partial charge is 0.504 e. The molecule has 4 N–H and O–H groups in total. The molecule has 0 spiro atoms. The summed E-state index contributed by atoms with van der Waals surface area (Å²) in [6.07, 6.45) is 11.9. The van der Waals surface area contributed by atoms with Gasteiger partial charge < -0.3 is 59.0 Å². The summed E-state index contributed by atoms with van der Waals surface area (Å²) < 4.78 is 20.9. The van der Waals surface area contributed by atoms with Crippen LogP contribution >= 0.6 is 0 Å². The van der Waals surface area contributed by atoms with Crippen LogP contribution in [-0.2, 0) is 45.4 Å². The average Bonchev–Trinajstić information content (AvgIpc) is 1.63. The lowest BCUT2D eigenvalue weighted by Crippen LogP contribution is -2.38. The Morgan fingerprint density at radius 3 is 0.769 bits per heavy atom. The molecule has 8 aliphatic heterocycles. The number of benzene rings is 8. The number of amides is 4. The lowest BCUT2D eigenvalue weighted by atomic mass is 10.0. The van der Waals surface area contributed by atoms with Crippen molar-refractivity contribution in [1.29, 1.82) is 0 Å². The molecule has 104 heavy (non-hydrogen) atoms. The number of hydrogen-bond acceptors (Lipinski definition) is 16. The zero-order chi connectivity index (χ0) is 72.4. The number of methoxy groups -OCH3 is 4. The van der Waals surface area contributed by atoms with Gasteiger partial charge in [0.15, 0.2) is 46.0 Å². The highest BCUT2D eigenvalue weighted by Gasteiger charge is 2.51. The van der Waals surface area contributed by atoms with E-state index in [4.69, 9.17) is 18.9 Å². The van der Waals surface area contributed by atoms with Gasteiger partial charge >= 0.3 is 0 Å². The molecule has 8 aliphatic rings. The third kappa shape index (κ3) is 15.4. The predicted octanol–water partition coefficient (Wildman–Crippen LogP) is 13.2. The molecule has 0 radical (unpaired) electrons. The fraction of sp³-hybridized carbons (Fsp3) is 0.381. The summed E-state index contributed by atoms with van der Waals surface area (Å²) in [5, 5.41) is 40.4. The molecule has 0 aromatic heterocycles. The minimum atomic E-state index is -0.148. The first-order chi connectivity index (χ1) is 50.7. The summed E-state index contributed by atoms with van der Waals surface area (Å²) in [7, 11) is 6.17. The Balaban J connectivity index is 0.000000123. The third-order valence-corrected chi connectivity index (χ3v) is 21.7. The van der Waals surface area contributed by atoms with Crippen LogP contribution in [0.2, 0.25) is 0 Å². The van der Waals surface area contributed by atoms with E-state index in [1.54, 1.807) is 50.6 Å². The van der Waals surface area contributed by atoms with E-state index in [1.165, 1.54) is 14.2 Å². The second kappa shape index (κ2) is 33.1. The Bertz CT molecular complexity index is 3980. The number of ether oxygens (including phenoxy) is 4. The van der Waals surface area contributed by atoms with Gasteiger partial charge in [0.25, 0.3) is 0 Å². The number of phenols is 4. The van der Waals surface area contributed by atoms with Crippen molar-refractivity contribution in [3.8, 4) is 46.0 Å². The van der Waals surface area contributed by atoms with Gasteiger partial charge in [0, 0.05) is 52.4 Å². The van der Waals surface area contributed by atoms with Crippen LogP contribution < -0.4 is 18.9 Å². The number of hydrogen-bond donors (Lipinski definition) is 4. The first-order valence-corrected chi connectivity index (χ1v) is 36.6. The van der Waals surface area contributed by atoms with Crippen LogP contribution in [-0.4, -0.2) is 162 Å². The van der Waals surface area contributed by atoms with Crippen molar-refractivity contribution < 1.29 is 58.6 Å². The SMILES string of the molecule is COc1cc(C2N(Cc3ccccc3)C(=O)C3CCCCN32)ccc1O.COc1cc([C@@H]2N(Cc3ccccc3)C(=O)C3CCCCN32)ccc1O.COc1ccc(C2N(Cc3ccccc3)C(=O)C3CCCCN32)cc1O.COc1ccc([C@@H]2N(Cc3ccccc3)C(=O)C3CCCCN32)cc1O. The molecule has 0 aliphatic carbocycles. The number of fused-ring (bicyclic) bond motifs is 4. The maximum atomic E-state index is 13.2. The van der Waals surface area contributed by atoms with E-state index in [0.717, 1.165) is 148 Å². The molecule has 8 saturated heterocycles. The van der Waals surface area contributed by atoms with Crippen molar-refractivity contribution in [3.05, 3.63) is 239 Å². The normalized spacial score (nSPS) is 23.1. The van der Waals surface area contributed by atoms with Crippen molar-refractivity contribution in [2.45, 2.75) is 152 Å². The van der Waals surface area contributed by atoms with Crippen molar-refractivity contribution >= 4 is 23.6 Å². The quantitative estimate of drug-likeness (QED) is 0.0708. The number of rotatable bonds is 16. The highest BCUT2D eigenvalue weighted by atomic mass is 16.5. The Morgan fingerprint density at radius 1 is 0.288 bits per heavy atom. The van der Waals surface area contributed by atoms with E-state index in [9.17, 15) is 39.6 Å². The molecule has 16 rings (SSSR count). The summed E-state index contributed by atoms with van der Waals surface area (Å²) in [5.41, 5.74) is 8.29. The van der Waals surface area contributed by atoms with Gasteiger partial charge in [-0.15, -0.1) is 0 Å². The second-order valence-corrected chi connectivity index (χ2v) is 28.0. The number of phenolic OH excluding ortho intramolecular Hbond substituents is 4. The fourth-order valence-electron chi connectivity index (χ4n) is 16.7. The zero-order valence-electron chi connectivity index (χ0n) is 59.9. The van der Waals surface area contributed by atoms with Crippen molar-refractivity contribution in [2.24, 2.45) is 0 Å². The van der Waals surface area contributed by atoms with Crippen LogP contribution in [0.5, 0.6) is 46.0 Å². The van der Waals surface area contributed by atoms with Crippen molar-refractivity contribution in [1.82, 2.24) is 39.2 Å². The molecule has 6 unspecified atom stereocenters. The van der Waals surface area contributed by atoms with Gasteiger partial charge in [0.05, 0.1) is 52.6 Å². The lowest BCUT2D eigenvalue weighted by molar-refractivity contribution is -0.131. The molecule has 20 heteroatoms. The minimum absolute atomic E-state index is 0.0442. The summed E-state index contributed by atoms with van der Waals surface area (Å²) >= 11 is 0. The zero-order valence-corrected chi connectivity index (χ0v) is 59.9. The Labute approximate surface area is 609 Å². The maximum Gasteiger partial charge on any atom is 0.241 e. The highest BCUT2D eigenvalue weighted by Crippen LogP contribution is 2.47. The Morgan fingerprint density at radius 2 is 0.529 bits per heavy atom. The molecule has 544 valence electrons. The smallest absolute Gasteiger partial charge is 0.241 e. The summed E-state index contributed by atoms with van der Waals surface area (Å²) in [4.78, 5) is 69.6. The van der Waals surface area contributed by atoms with Crippen molar-refractivity contribution in [3.63, 3.8) is 0 Å². The first-order valence-electron chi connectivity index (χ1n) is 36.6. The monoisotopic (exact) mass is 1410 g/mol. The van der Waals surface area contributed by atoms with Crippen LogP contribution in [0.1, 0.15) is 146 Å². The van der Waals surface area contributed by atoms with Gasteiger partial charge in [-0.3, -0.25) is 38.8 Å².